The van der Waals surface area contributed by atoms with E-state index in [0.717, 1.165) is 15.4 Å². The van der Waals surface area contributed by atoms with Crippen LogP contribution in [0.1, 0.15) is 16.2 Å². The van der Waals surface area contributed by atoms with Crippen molar-refractivity contribution < 1.29 is 14.4 Å². The van der Waals surface area contributed by atoms with Gasteiger partial charge in [0.1, 0.15) is 5.75 Å². The van der Waals surface area contributed by atoms with E-state index in [4.69, 9.17) is 23.2 Å². The number of aromatic hydroxyl groups is 1. The largest absolute Gasteiger partial charge is 0.508 e. The van der Waals surface area contributed by atoms with E-state index in [1.54, 1.807) is 22.9 Å². The molecule has 0 spiro atoms. The van der Waals surface area contributed by atoms with Crippen LogP contribution in [0.15, 0.2) is 44.3 Å². The molecule has 0 fully saturated rings. The second-order valence-electron chi connectivity index (χ2n) is 6.14. The summed E-state index contributed by atoms with van der Waals surface area (Å²) in [5.41, 5.74) is 2.31. The summed E-state index contributed by atoms with van der Waals surface area (Å²) in [6, 6.07) is 6.39. The van der Waals surface area contributed by atoms with Crippen molar-refractivity contribution in [3.05, 3.63) is 66.9 Å². The van der Waals surface area contributed by atoms with Crippen molar-refractivity contribution in [2.45, 2.75) is 6.92 Å². The number of nitrogens with zero attached hydrogens (tertiary/aromatic N) is 2. The van der Waals surface area contributed by atoms with E-state index in [9.17, 15) is 14.7 Å². The molecule has 29 heavy (non-hydrogen) atoms. The first-order valence-electron chi connectivity index (χ1n) is 8.12. The van der Waals surface area contributed by atoms with Gasteiger partial charge in [-0.3, -0.25) is 14.3 Å². The third-order valence-electron chi connectivity index (χ3n) is 4.33. The summed E-state index contributed by atoms with van der Waals surface area (Å²) in [5, 5.41) is 17.2. The molecular formula is C18H11BrCl2N4O4. The number of fused-ring (bicyclic) bond motifs is 1. The highest BCUT2D eigenvalue weighted by Gasteiger charge is 2.19. The van der Waals surface area contributed by atoms with Crippen LogP contribution in [-0.2, 0) is 0 Å². The molecule has 2 aromatic carbocycles. The third kappa shape index (κ3) is 3.41. The molecule has 0 saturated carbocycles. The molecule has 3 N–H and O–H groups in total. The summed E-state index contributed by atoms with van der Waals surface area (Å²) in [6.07, 6.45) is 1.79. The monoisotopic (exact) mass is 496 g/mol. The molecule has 0 aliphatic heterocycles. The molecule has 8 nitrogen and oxygen atoms in total. The van der Waals surface area contributed by atoms with E-state index in [-0.39, 0.29) is 21.6 Å². The summed E-state index contributed by atoms with van der Waals surface area (Å²) in [6.45, 7) is 1.81. The molecule has 2 aromatic heterocycles. The molecule has 0 saturated heterocycles. The molecule has 0 bridgehead atoms. The minimum absolute atomic E-state index is 0.178. The van der Waals surface area contributed by atoms with E-state index < -0.39 is 11.7 Å². The van der Waals surface area contributed by atoms with Crippen molar-refractivity contribution in [3.8, 4) is 11.4 Å². The van der Waals surface area contributed by atoms with Gasteiger partial charge in [0.2, 0.25) is 5.82 Å². The Morgan fingerprint density at radius 1 is 1.31 bits per heavy atom. The lowest BCUT2D eigenvalue weighted by atomic mass is 10.1. The summed E-state index contributed by atoms with van der Waals surface area (Å²) in [7, 11) is 0. The standard InChI is InChI=1S/C18H11BrCl2N4O4/c1-7-13(26)3-2-12-14(7)9(19)6-25(12)15-10(20)4-8(5-11(15)21)22-17(27)16-23-18(28)29-24-16/h2-6,26H,1H3,(H,22,27)(H,23,24,28). The van der Waals surface area contributed by atoms with Gasteiger partial charge in [0.25, 0.3) is 5.91 Å². The van der Waals surface area contributed by atoms with Crippen LogP contribution < -0.4 is 11.1 Å². The fourth-order valence-electron chi connectivity index (χ4n) is 3.01. The Bertz CT molecular complexity index is 1320. The Kier molecular flexibility index (Phi) is 4.89. The fourth-order valence-corrected chi connectivity index (χ4v) is 4.38. The highest BCUT2D eigenvalue weighted by molar-refractivity contribution is 9.10. The Labute approximate surface area is 181 Å². The summed E-state index contributed by atoms with van der Waals surface area (Å²) in [5.74, 6) is -1.62. The van der Waals surface area contributed by atoms with Gasteiger partial charge < -0.3 is 15.0 Å². The van der Waals surface area contributed by atoms with Crippen molar-refractivity contribution in [1.82, 2.24) is 14.7 Å². The van der Waals surface area contributed by atoms with Crippen molar-refractivity contribution in [1.29, 1.82) is 0 Å². The van der Waals surface area contributed by atoms with Gasteiger partial charge >= 0.3 is 5.76 Å². The lowest BCUT2D eigenvalue weighted by Gasteiger charge is -2.13. The summed E-state index contributed by atoms with van der Waals surface area (Å²) < 4.78 is 6.86. The van der Waals surface area contributed by atoms with E-state index >= 15 is 0 Å². The second-order valence-corrected chi connectivity index (χ2v) is 7.81. The molecular weight excluding hydrogens is 487 g/mol. The number of aryl methyl sites for hydroxylation is 1. The van der Waals surface area contributed by atoms with Gasteiger partial charge in [-0.05, 0) is 52.3 Å². The maximum atomic E-state index is 12.1. The average Bonchev–Trinajstić information content (AvgIpc) is 3.22. The summed E-state index contributed by atoms with van der Waals surface area (Å²) in [4.78, 5) is 25.3. The van der Waals surface area contributed by atoms with Crippen LogP contribution in [0.5, 0.6) is 5.75 Å². The van der Waals surface area contributed by atoms with Crippen molar-refractivity contribution in [3.63, 3.8) is 0 Å². The zero-order valence-electron chi connectivity index (χ0n) is 14.6. The zero-order valence-corrected chi connectivity index (χ0v) is 17.7. The van der Waals surface area contributed by atoms with Crippen LogP contribution >= 0.6 is 39.1 Å². The maximum Gasteiger partial charge on any atom is 0.439 e. The third-order valence-corrected chi connectivity index (χ3v) is 5.50. The molecule has 0 unspecified atom stereocenters. The van der Waals surface area contributed by atoms with Crippen LogP contribution in [0.2, 0.25) is 10.0 Å². The van der Waals surface area contributed by atoms with Gasteiger partial charge in [-0.2, -0.15) is 0 Å². The molecule has 2 heterocycles. The van der Waals surface area contributed by atoms with Crippen molar-refractivity contribution >= 4 is 61.6 Å². The number of H-pyrrole nitrogens is 1. The number of benzene rings is 2. The number of phenolic OH excluding ortho intramolecular Hbond substituents is 1. The number of phenols is 1. The molecule has 11 heteroatoms. The van der Waals surface area contributed by atoms with Crippen LogP contribution in [0.25, 0.3) is 16.6 Å². The minimum Gasteiger partial charge on any atom is -0.508 e. The molecule has 1 amide bonds. The zero-order chi connectivity index (χ0) is 20.9. The minimum atomic E-state index is -0.840. The fraction of sp³-hybridized carbons (Fsp3) is 0.0556. The first kappa shape index (κ1) is 19.6. The smallest absolute Gasteiger partial charge is 0.439 e. The number of hydrogen-bond acceptors (Lipinski definition) is 5. The number of aromatic amines is 1. The molecule has 0 atom stereocenters. The molecule has 4 aromatic rings. The van der Waals surface area contributed by atoms with Crippen LogP contribution in [0.3, 0.4) is 0 Å². The maximum absolute atomic E-state index is 12.1. The van der Waals surface area contributed by atoms with E-state index in [2.05, 4.69) is 35.9 Å². The molecule has 148 valence electrons. The second kappa shape index (κ2) is 7.25. The highest BCUT2D eigenvalue weighted by atomic mass is 79.9. The predicted molar refractivity (Wildman–Crippen MR) is 112 cm³/mol. The molecule has 0 aliphatic carbocycles. The van der Waals surface area contributed by atoms with E-state index in [1.165, 1.54) is 12.1 Å². The highest BCUT2D eigenvalue weighted by Crippen LogP contribution is 2.39. The SMILES string of the molecule is Cc1c(O)ccc2c1c(Br)cn2-c1c(Cl)cc(NC(=O)c2noc(=O)[nH]2)cc1Cl. The number of anilines is 1. The number of halogens is 3. The Hall–Kier alpha value is -2.75. The predicted octanol–water partition coefficient (Wildman–Crippen LogP) is 4.64. The number of rotatable bonds is 3. The van der Waals surface area contributed by atoms with Gasteiger partial charge in [-0.15, -0.1) is 0 Å². The summed E-state index contributed by atoms with van der Waals surface area (Å²) >= 11 is 16.4. The number of aromatic nitrogens is 3. The number of carbonyl (C=O) groups excluding carboxylic acids is 1. The Morgan fingerprint density at radius 3 is 2.62 bits per heavy atom. The van der Waals surface area contributed by atoms with E-state index in [1.807, 2.05) is 6.92 Å². The van der Waals surface area contributed by atoms with Gasteiger partial charge in [0.05, 0.1) is 21.2 Å². The average molecular weight is 498 g/mol. The van der Waals surface area contributed by atoms with Crippen LogP contribution in [0, 0.1) is 6.92 Å². The van der Waals surface area contributed by atoms with Crippen LogP contribution in [0.4, 0.5) is 5.69 Å². The first-order valence-corrected chi connectivity index (χ1v) is 9.67. The number of amides is 1. The van der Waals surface area contributed by atoms with Crippen LogP contribution in [-0.4, -0.2) is 25.7 Å². The lowest BCUT2D eigenvalue weighted by Crippen LogP contribution is -2.15. The quantitative estimate of drug-likeness (QED) is 0.381. The van der Waals surface area contributed by atoms with Crippen molar-refractivity contribution in [2.75, 3.05) is 5.32 Å². The lowest BCUT2D eigenvalue weighted by molar-refractivity contribution is 0.101. The van der Waals surface area contributed by atoms with Gasteiger partial charge in [-0.1, -0.05) is 23.2 Å². The molecule has 0 aliphatic rings. The number of carbonyl (C=O) groups is 1. The molecule has 4 rings (SSSR count). The number of nitrogens with one attached hydrogen (secondary N) is 2. The normalized spacial score (nSPS) is 11.2. The molecule has 0 radical (unpaired) electrons. The van der Waals surface area contributed by atoms with Gasteiger partial charge in [0.15, 0.2) is 0 Å². The first-order chi connectivity index (χ1) is 13.8. The number of hydrogen-bond donors (Lipinski definition) is 3. The Morgan fingerprint density at radius 2 is 2.00 bits per heavy atom. The topological polar surface area (TPSA) is 113 Å². The Balaban J connectivity index is 1.77. The van der Waals surface area contributed by atoms with Crippen molar-refractivity contribution in [2.24, 2.45) is 0 Å². The van der Waals surface area contributed by atoms with E-state index in [0.29, 0.717) is 16.9 Å². The van der Waals surface area contributed by atoms with Gasteiger partial charge in [-0.25, -0.2) is 4.79 Å². The van der Waals surface area contributed by atoms with Gasteiger partial charge in [0, 0.05) is 27.3 Å².